The number of hydrogen-bond acceptors (Lipinski definition) is 2. The van der Waals surface area contributed by atoms with Crippen LogP contribution in [0.5, 0.6) is 0 Å². The summed E-state index contributed by atoms with van der Waals surface area (Å²) in [5.74, 6) is -0.514. The van der Waals surface area contributed by atoms with Gasteiger partial charge in [-0.25, -0.2) is 0 Å². The van der Waals surface area contributed by atoms with Crippen molar-refractivity contribution in [2.75, 3.05) is 0 Å². The maximum absolute atomic E-state index is 11.5. The molecule has 0 heterocycles. The molecule has 0 N–H and O–H groups in total. The Morgan fingerprint density at radius 1 is 0.714 bits per heavy atom. The average Bonchev–Trinajstić information content (AvgIpc) is 1.93. The van der Waals surface area contributed by atoms with Crippen molar-refractivity contribution < 1.29 is 9.59 Å². The van der Waals surface area contributed by atoms with E-state index in [9.17, 15) is 9.59 Å². The predicted octanol–water partition coefficient (Wildman–Crippen LogP) is 2.46. The molecule has 1 rings (SSSR count). The number of Topliss-reactive ketones (excluding diaryl/α,β-unsaturated/α-hetero) is 2. The molecule has 0 aliphatic heterocycles. The van der Waals surface area contributed by atoms with Crippen LogP contribution < -0.4 is 0 Å². The van der Waals surface area contributed by atoms with Crippen molar-refractivity contribution in [2.45, 2.75) is 41.5 Å². The fraction of sp³-hybridized carbons (Fsp3) is 0.833. The second kappa shape index (κ2) is 2.91. The van der Waals surface area contributed by atoms with Crippen molar-refractivity contribution in [3.05, 3.63) is 0 Å². The van der Waals surface area contributed by atoms with Crippen molar-refractivity contribution in [3.8, 4) is 0 Å². The zero-order chi connectivity index (χ0) is 11.3. The van der Waals surface area contributed by atoms with Gasteiger partial charge < -0.3 is 0 Å². The van der Waals surface area contributed by atoms with E-state index in [1.54, 1.807) is 0 Å². The molecular weight excluding hydrogens is 176 g/mol. The molecule has 1 saturated carbocycles. The molecule has 1 aliphatic carbocycles. The minimum absolute atomic E-state index is 0.0880. The SMILES string of the molecule is CC(C)(C)C1C(=O)C(=O)C1C(C)(C)C. The van der Waals surface area contributed by atoms with Gasteiger partial charge in [0.1, 0.15) is 0 Å². The summed E-state index contributed by atoms with van der Waals surface area (Å²) in [6.07, 6.45) is 0. The topological polar surface area (TPSA) is 34.1 Å². The highest BCUT2D eigenvalue weighted by atomic mass is 16.2. The van der Waals surface area contributed by atoms with Gasteiger partial charge in [0.15, 0.2) is 0 Å². The van der Waals surface area contributed by atoms with E-state index in [2.05, 4.69) is 0 Å². The van der Waals surface area contributed by atoms with E-state index in [0.717, 1.165) is 0 Å². The van der Waals surface area contributed by atoms with E-state index < -0.39 is 0 Å². The fourth-order valence-electron chi connectivity index (χ4n) is 2.30. The van der Waals surface area contributed by atoms with E-state index in [1.165, 1.54) is 0 Å². The molecule has 2 atom stereocenters. The lowest BCUT2D eigenvalue weighted by atomic mass is 9.52. The molecule has 0 amide bonds. The second-order valence-electron chi connectivity index (χ2n) is 6.42. The molecule has 0 bridgehead atoms. The minimum atomic E-state index is -0.169. The van der Waals surface area contributed by atoms with E-state index in [-0.39, 0.29) is 34.2 Å². The van der Waals surface area contributed by atoms with E-state index in [1.807, 2.05) is 41.5 Å². The lowest BCUT2D eigenvalue weighted by Crippen LogP contribution is -2.58. The summed E-state index contributed by atoms with van der Waals surface area (Å²) in [6, 6.07) is 0. The average molecular weight is 196 g/mol. The van der Waals surface area contributed by atoms with Crippen LogP contribution in [0.15, 0.2) is 0 Å². The van der Waals surface area contributed by atoms with Crippen LogP contribution in [0.1, 0.15) is 41.5 Å². The summed E-state index contributed by atoms with van der Waals surface area (Å²) in [4.78, 5) is 23.0. The predicted molar refractivity (Wildman–Crippen MR) is 55.9 cm³/mol. The Hall–Kier alpha value is -0.660. The molecule has 0 aromatic heterocycles. The molecule has 2 unspecified atom stereocenters. The van der Waals surface area contributed by atoms with Crippen LogP contribution in [-0.2, 0) is 9.59 Å². The van der Waals surface area contributed by atoms with Crippen LogP contribution in [-0.4, -0.2) is 11.6 Å². The highest BCUT2D eigenvalue weighted by Crippen LogP contribution is 2.49. The van der Waals surface area contributed by atoms with Gasteiger partial charge in [-0.05, 0) is 10.8 Å². The normalized spacial score (nSPS) is 29.0. The number of carbonyl (C=O) groups excluding carboxylic acids is 2. The molecule has 1 fully saturated rings. The molecule has 0 spiro atoms. The summed E-state index contributed by atoms with van der Waals surface area (Å²) >= 11 is 0. The van der Waals surface area contributed by atoms with Gasteiger partial charge in [-0.15, -0.1) is 0 Å². The molecule has 0 radical (unpaired) electrons. The van der Waals surface area contributed by atoms with Gasteiger partial charge in [-0.3, -0.25) is 9.59 Å². The minimum Gasteiger partial charge on any atom is -0.291 e. The lowest BCUT2D eigenvalue weighted by Gasteiger charge is -2.47. The molecule has 0 aromatic carbocycles. The van der Waals surface area contributed by atoms with Gasteiger partial charge in [-0.1, -0.05) is 41.5 Å². The van der Waals surface area contributed by atoms with Crippen molar-refractivity contribution in [3.63, 3.8) is 0 Å². The monoisotopic (exact) mass is 196 g/mol. The third-order valence-corrected chi connectivity index (χ3v) is 3.01. The zero-order valence-electron chi connectivity index (χ0n) is 9.97. The Morgan fingerprint density at radius 2 is 0.929 bits per heavy atom. The summed E-state index contributed by atoms with van der Waals surface area (Å²) < 4.78 is 0. The van der Waals surface area contributed by atoms with E-state index >= 15 is 0 Å². The van der Waals surface area contributed by atoms with Crippen LogP contribution in [0.25, 0.3) is 0 Å². The number of rotatable bonds is 0. The van der Waals surface area contributed by atoms with Crippen molar-refractivity contribution in [1.29, 1.82) is 0 Å². The Kier molecular flexibility index (Phi) is 2.38. The Bertz CT molecular complexity index is 246. The highest BCUT2D eigenvalue weighted by Gasteiger charge is 2.58. The summed E-state index contributed by atoms with van der Waals surface area (Å²) in [7, 11) is 0. The van der Waals surface area contributed by atoms with Crippen LogP contribution >= 0.6 is 0 Å². The van der Waals surface area contributed by atoms with Gasteiger partial charge in [0, 0.05) is 11.8 Å². The van der Waals surface area contributed by atoms with E-state index in [0.29, 0.717) is 0 Å². The summed E-state index contributed by atoms with van der Waals surface area (Å²) in [5.41, 5.74) is -0.189. The zero-order valence-corrected chi connectivity index (χ0v) is 9.97. The summed E-state index contributed by atoms with van der Waals surface area (Å²) in [6.45, 7) is 12.2. The van der Waals surface area contributed by atoms with Crippen LogP contribution in [0.2, 0.25) is 0 Å². The van der Waals surface area contributed by atoms with Gasteiger partial charge in [0.05, 0.1) is 0 Å². The van der Waals surface area contributed by atoms with Crippen LogP contribution in [0, 0.1) is 22.7 Å². The molecule has 2 nitrogen and oxygen atoms in total. The highest BCUT2D eigenvalue weighted by molar-refractivity contribution is 6.45. The standard InChI is InChI=1S/C12H20O2/c1-11(2,3)7-8(12(4,5)6)10(14)9(7)13/h7-8H,1-6H3. The van der Waals surface area contributed by atoms with E-state index in [4.69, 9.17) is 0 Å². The first-order chi connectivity index (χ1) is 6.07. The number of carbonyl (C=O) groups is 2. The Labute approximate surface area is 86.1 Å². The molecule has 80 valence electrons. The molecule has 0 saturated heterocycles. The quantitative estimate of drug-likeness (QED) is 0.558. The van der Waals surface area contributed by atoms with Gasteiger partial charge in [0.25, 0.3) is 0 Å². The second-order valence-corrected chi connectivity index (χ2v) is 6.42. The van der Waals surface area contributed by atoms with Crippen LogP contribution in [0.4, 0.5) is 0 Å². The third-order valence-electron chi connectivity index (χ3n) is 3.01. The van der Waals surface area contributed by atoms with Crippen molar-refractivity contribution >= 4 is 11.6 Å². The van der Waals surface area contributed by atoms with Gasteiger partial charge in [0.2, 0.25) is 11.6 Å². The maximum atomic E-state index is 11.5. The Morgan fingerprint density at radius 3 is 1.07 bits per heavy atom. The molecular formula is C12H20O2. The lowest BCUT2D eigenvalue weighted by molar-refractivity contribution is -0.163. The first kappa shape index (κ1) is 11.4. The van der Waals surface area contributed by atoms with Gasteiger partial charge >= 0.3 is 0 Å². The smallest absolute Gasteiger partial charge is 0.203 e. The molecule has 14 heavy (non-hydrogen) atoms. The fourth-order valence-corrected chi connectivity index (χ4v) is 2.30. The number of hydrogen-bond donors (Lipinski definition) is 0. The molecule has 2 heteroatoms. The number of ketones is 2. The first-order valence-electron chi connectivity index (χ1n) is 5.15. The maximum Gasteiger partial charge on any atom is 0.203 e. The Balaban J connectivity index is 2.98. The molecule has 0 aromatic rings. The first-order valence-corrected chi connectivity index (χ1v) is 5.15. The van der Waals surface area contributed by atoms with Crippen LogP contribution in [0.3, 0.4) is 0 Å². The summed E-state index contributed by atoms with van der Waals surface area (Å²) in [5, 5.41) is 0. The van der Waals surface area contributed by atoms with Crippen molar-refractivity contribution in [2.24, 2.45) is 22.7 Å². The van der Waals surface area contributed by atoms with Crippen molar-refractivity contribution in [1.82, 2.24) is 0 Å². The third kappa shape index (κ3) is 1.62. The molecule has 1 aliphatic rings. The largest absolute Gasteiger partial charge is 0.291 e. The van der Waals surface area contributed by atoms with Gasteiger partial charge in [-0.2, -0.15) is 0 Å².